The highest BCUT2D eigenvalue weighted by Crippen LogP contribution is 2.28. The topological polar surface area (TPSA) is 79.5 Å². The van der Waals surface area contributed by atoms with Crippen LogP contribution < -0.4 is 0 Å². The highest BCUT2D eigenvalue weighted by Gasteiger charge is 2.31. The van der Waals surface area contributed by atoms with Crippen molar-refractivity contribution in [1.82, 2.24) is 15.0 Å². The van der Waals surface area contributed by atoms with Crippen molar-refractivity contribution in [2.24, 2.45) is 0 Å². The van der Waals surface area contributed by atoms with E-state index in [0.29, 0.717) is 24.3 Å². The summed E-state index contributed by atoms with van der Waals surface area (Å²) in [4.78, 5) is 17.0. The molecule has 0 aliphatic heterocycles. The first kappa shape index (κ1) is 13.0. The Bertz CT molecular complexity index is 432. The van der Waals surface area contributed by atoms with Crippen LogP contribution in [-0.2, 0) is 16.8 Å². The summed E-state index contributed by atoms with van der Waals surface area (Å²) in [5, 5.41) is 12.8. The van der Waals surface area contributed by atoms with E-state index in [0.717, 1.165) is 12.8 Å². The summed E-state index contributed by atoms with van der Waals surface area (Å²) >= 11 is 0. The zero-order valence-corrected chi connectivity index (χ0v) is 11.0. The minimum absolute atomic E-state index is 0.0318. The highest BCUT2D eigenvalue weighted by molar-refractivity contribution is 5.69. The molecule has 0 spiro atoms. The molecule has 2 rings (SSSR count). The van der Waals surface area contributed by atoms with Crippen LogP contribution >= 0.6 is 0 Å². The Hall–Kier alpha value is -1.43. The van der Waals surface area contributed by atoms with Gasteiger partial charge in [-0.3, -0.25) is 9.69 Å². The number of rotatable bonds is 5. The fraction of sp³-hybridized carbons (Fsp3) is 0.750. The molecule has 0 unspecified atom stereocenters. The molecule has 0 bridgehead atoms. The first-order chi connectivity index (χ1) is 8.36. The fourth-order valence-corrected chi connectivity index (χ4v) is 1.73. The van der Waals surface area contributed by atoms with E-state index in [1.165, 1.54) is 0 Å². The van der Waals surface area contributed by atoms with Crippen LogP contribution in [0.25, 0.3) is 0 Å². The van der Waals surface area contributed by atoms with E-state index in [-0.39, 0.29) is 12.0 Å². The van der Waals surface area contributed by atoms with Crippen LogP contribution in [0.3, 0.4) is 0 Å². The summed E-state index contributed by atoms with van der Waals surface area (Å²) in [6.45, 7) is 6.47. The van der Waals surface area contributed by atoms with Gasteiger partial charge < -0.3 is 9.63 Å². The van der Waals surface area contributed by atoms with Crippen LogP contribution in [0.1, 0.15) is 45.3 Å². The van der Waals surface area contributed by atoms with Crippen molar-refractivity contribution in [2.75, 3.05) is 6.54 Å². The van der Waals surface area contributed by atoms with E-state index in [4.69, 9.17) is 9.63 Å². The second-order valence-electron chi connectivity index (χ2n) is 5.80. The second-order valence-corrected chi connectivity index (χ2v) is 5.80. The molecule has 0 aromatic carbocycles. The molecule has 1 aromatic rings. The molecule has 1 fully saturated rings. The first-order valence-electron chi connectivity index (χ1n) is 6.15. The molecule has 1 N–H and O–H groups in total. The lowest BCUT2D eigenvalue weighted by Gasteiger charge is -2.17. The maximum atomic E-state index is 10.8. The van der Waals surface area contributed by atoms with Crippen molar-refractivity contribution >= 4 is 5.97 Å². The van der Waals surface area contributed by atoms with Gasteiger partial charge in [0.05, 0.1) is 13.1 Å². The van der Waals surface area contributed by atoms with Gasteiger partial charge in [-0.1, -0.05) is 25.9 Å². The van der Waals surface area contributed by atoms with Gasteiger partial charge >= 0.3 is 5.97 Å². The molecule has 0 radical (unpaired) electrons. The predicted octanol–water partition coefficient (Wildman–Crippen LogP) is 1.42. The van der Waals surface area contributed by atoms with Crippen molar-refractivity contribution in [3.05, 3.63) is 11.7 Å². The number of hydrogen-bond donors (Lipinski definition) is 1. The zero-order valence-electron chi connectivity index (χ0n) is 11.0. The van der Waals surface area contributed by atoms with Crippen molar-refractivity contribution < 1.29 is 14.4 Å². The molecule has 6 nitrogen and oxygen atoms in total. The van der Waals surface area contributed by atoms with Gasteiger partial charge in [-0.15, -0.1) is 0 Å². The molecular formula is C12H19N3O3. The highest BCUT2D eigenvalue weighted by atomic mass is 16.5. The predicted molar refractivity (Wildman–Crippen MR) is 64.1 cm³/mol. The standard InChI is InChI=1S/C12H19N3O3/c1-12(2,3)11-13-9(14-18-11)6-15(7-10(16)17)8-4-5-8/h8H,4-7H2,1-3H3,(H,16,17). The Morgan fingerprint density at radius 1 is 1.50 bits per heavy atom. The Morgan fingerprint density at radius 2 is 2.17 bits per heavy atom. The average Bonchev–Trinajstić information content (AvgIpc) is 2.96. The van der Waals surface area contributed by atoms with Crippen molar-refractivity contribution in [3.8, 4) is 0 Å². The molecule has 0 atom stereocenters. The SMILES string of the molecule is CC(C)(C)c1nc(CN(CC(=O)O)C2CC2)no1. The third-order valence-corrected chi connectivity index (χ3v) is 2.86. The lowest BCUT2D eigenvalue weighted by Crippen LogP contribution is -2.31. The van der Waals surface area contributed by atoms with Crippen LogP contribution in [0.2, 0.25) is 0 Å². The summed E-state index contributed by atoms with van der Waals surface area (Å²) in [7, 11) is 0. The minimum Gasteiger partial charge on any atom is -0.480 e. The zero-order chi connectivity index (χ0) is 13.3. The Balaban J connectivity index is 2.02. The maximum Gasteiger partial charge on any atom is 0.317 e. The largest absolute Gasteiger partial charge is 0.480 e. The van der Waals surface area contributed by atoms with Crippen LogP contribution in [0, 0.1) is 0 Å². The number of carbonyl (C=O) groups is 1. The van der Waals surface area contributed by atoms with Crippen LogP contribution in [0.4, 0.5) is 0 Å². The molecule has 100 valence electrons. The molecule has 1 aliphatic carbocycles. The normalized spacial score (nSPS) is 16.2. The van der Waals surface area contributed by atoms with E-state index in [1.807, 2.05) is 25.7 Å². The van der Waals surface area contributed by atoms with Gasteiger partial charge in [0.2, 0.25) is 5.89 Å². The maximum absolute atomic E-state index is 10.8. The number of hydrogen-bond acceptors (Lipinski definition) is 5. The quantitative estimate of drug-likeness (QED) is 0.854. The molecule has 0 amide bonds. The first-order valence-corrected chi connectivity index (χ1v) is 6.15. The van der Waals surface area contributed by atoms with Gasteiger partial charge in [0.1, 0.15) is 0 Å². The summed E-state index contributed by atoms with van der Waals surface area (Å²) in [6.07, 6.45) is 2.11. The number of aliphatic carboxylic acids is 1. The summed E-state index contributed by atoms with van der Waals surface area (Å²) in [5.74, 6) is 0.332. The van der Waals surface area contributed by atoms with Gasteiger partial charge in [-0.05, 0) is 12.8 Å². The monoisotopic (exact) mass is 253 g/mol. The van der Waals surface area contributed by atoms with E-state index in [9.17, 15) is 4.79 Å². The molecule has 1 heterocycles. The van der Waals surface area contributed by atoms with Gasteiger partial charge in [0.25, 0.3) is 0 Å². The third kappa shape index (κ3) is 3.29. The Morgan fingerprint density at radius 3 is 2.61 bits per heavy atom. The minimum atomic E-state index is -0.818. The lowest BCUT2D eigenvalue weighted by molar-refractivity contribution is -0.138. The summed E-state index contributed by atoms with van der Waals surface area (Å²) in [5.41, 5.74) is -0.178. The third-order valence-electron chi connectivity index (χ3n) is 2.86. The number of carboxylic acid groups (broad SMARTS) is 1. The fourth-order valence-electron chi connectivity index (χ4n) is 1.73. The van der Waals surface area contributed by atoms with Gasteiger partial charge in [0.15, 0.2) is 5.82 Å². The van der Waals surface area contributed by atoms with E-state index >= 15 is 0 Å². The number of nitrogens with zero attached hydrogens (tertiary/aromatic N) is 3. The van der Waals surface area contributed by atoms with E-state index < -0.39 is 5.97 Å². The number of aromatic nitrogens is 2. The molecule has 18 heavy (non-hydrogen) atoms. The van der Waals surface area contributed by atoms with Crippen molar-refractivity contribution in [2.45, 2.75) is 51.6 Å². The molecule has 6 heteroatoms. The summed E-state index contributed by atoms with van der Waals surface area (Å²) in [6, 6.07) is 0.359. The smallest absolute Gasteiger partial charge is 0.317 e. The van der Waals surface area contributed by atoms with Gasteiger partial charge in [-0.25, -0.2) is 0 Å². The Kier molecular flexibility index (Phi) is 3.38. The Labute approximate surface area is 106 Å². The summed E-state index contributed by atoms with van der Waals surface area (Å²) < 4.78 is 5.20. The molecule has 1 aliphatic rings. The van der Waals surface area contributed by atoms with Crippen LogP contribution in [0.15, 0.2) is 4.52 Å². The van der Waals surface area contributed by atoms with Crippen molar-refractivity contribution in [3.63, 3.8) is 0 Å². The van der Waals surface area contributed by atoms with E-state index in [1.54, 1.807) is 0 Å². The molecule has 0 saturated heterocycles. The van der Waals surface area contributed by atoms with Crippen LogP contribution in [-0.4, -0.2) is 38.7 Å². The number of carboxylic acids is 1. The molecule has 1 aromatic heterocycles. The second kappa shape index (κ2) is 4.68. The molecule has 1 saturated carbocycles. The molecular weight excluding hydrogens is 234 g/mol. The van der Waals surface area contributed by atoms with Crippen molar-refractivity contribution in [1.29, 1.82) is 0 Å². The average molecular weight is 253 g/mol. The van der Waals surface area contributed by atoms with Crippen LogP contribution in [0.5, 0.6) is 0 Å². The van der Waals surface area contributed by atoms with E-state index in [2.05, 4.69) is 10.1 Å². The lowest BCUT2D eigenvalue weighted by atomic mass is 9.97. The van der Waals surface area contributed by atoms with Gasteiger partial charge in [-0.2, -0.15) is 4.98 Å². The van der Waals surface area contributed by atoms with Gasteiger partial charge in [0, 0.05) is 11.5 Å².